The fourth-order valence-corrected chi connectivity index (χ4v) is 1.36. The normalized spacial score (nSPS) is 11.3. The molecular formula is C14H18O3. The summed E-state index contributed by atoms with van der Waals surface area (Å²) in [5.41, 5.74) is 1.53. The summed E-state index contributed by atoms with van der Waals surface area (Å²) in [7, 11) is 0. The topological polar surface area (TPSA) is 46.5 Å². The first kappa shape index (κ1) is 13.3. The van der Waals surface area contributed by atoms with E-state index in [1.54, 1.807) is 30.3 Å². The Morgan fingerprint density at radius 2 is 1.94 bits per heavy atom. The minimum absolute atomic E-state index is 0.216. The zero-order chi connectivity index (χ0) is 12.7. The molecule has 92 valence electrons. The molecule has 0 unspecified atom stereocenters. The Morgan fingerprint density at radius 3 is 2.47 bits per heavy atom. The van der Waals surface area contributed by atoms with Gasteiger partial charge in [0.05, 0.1) is 6.61 Å². The van der Waals surface area contributed by atoms with Gasteiger partial charge in [-0.05, 0) is 36.6 Å². The van der Waals surface area contributed by atoms with Crippen molar-refractivity contribution >= 4 is 12.0 Å². The summed E-state index contributed by atoms with van der Waals surface area (Å²) in [5.74, 6) is -0.0452. The van der Waals surface area contributed by atoms with Gasteiger partial charge in [0.15, 0.2) is 0 Å². The number of phenols is 1. The fraction of sp³-hybridized carbons (Fsp3) is 0.357. The molecular weight excluding hydrogens is 216 g/mol. The molecule has 0 atom stereocenters. The Bertz CT molecular complexity index is 390. The second-order valence-corrected chi connectivity index (χ2v) is 3.75. The predicted octanol–water partition coefficient (Wildman–Crippen LogP) is 3.14. The summed E-state index contributed by atoms with van der Waals surface area (Å²) in [6, 6.07) is 6.71. The van der Waals surface area contributed by atoms with Gasteiger partial charge in [-0.3, -0.25) is 0 Å². The smallest absolute Gasteiger partial charge is 0.334 e. The number of hydrogen-bond acceptors (Lipinski definition) is 3. The first-order valence-corrected chi connectivity index (χ1v) is 5.84. The highest BCUT2D eigenvalue weighted by molar-refractivity contribution is 5.93. The van der Waals surface area contributed by atoms with Crippen LogP contribution in [0.25, 0.3) is 6.08 Å². The molecule has 1 N–H and O–H groups in total. The third-order valence-electron chi connectivity index (χ3n) is 2.31. The summed E-state index contributed by atoms with van der Waals surface area (Å²) >= 11 is 0. The molecule has 1 rings (SSSR count). The molecule has 0 aliphatic carbocycles. The summed E-state index contributed by atoms with van der Waals surface area (Å²) in [6.45, 7) is 4.33. The van der Waals surface area contributed by atoms with Crippen LogP contribution >= 0.6 is 0 Å². The van der Waals surface area contributed by atoms with Gasteiger partial charge in [-0.2, -0.15) is 0 Å². The van der Waals surface area contributed by atoms with Crippen LogP contribution in [0.3, 0.4) is 0 Å². The van der Waals surface area contributed by atoms with Crippen LogP contribution in [0.1, 0.15) is 32.3 Å². The number of hydrogen-bond donors (Lipinski definition) is 1. The lowest BCUT2D eigenvalue weighted by atomic mass is 10.1. The minimum atomic E-state index is -0.262. The number of ether oxygens (including phenoxy) is 1. The van der Waals surface area contributed by atoms with Crippen molar-refractivity contribution < 1.29 is 14.6 Å². The fourth-order valence-electron chi connectivity index (χ4n) is 1.36. The maximum atomic E-state index is 11.7. The quantitative estimate of drug-likeness (QED) is 0.629. The van der Waals surface area contributed by atoms with Crippen LogP contribution < -0.4 is 0 Å². The van der Waals surface area contributed by atoms with Crippen molar-refractivity contribution in [2.45, 2.75) is 26.7 Å². The molecule has 0 spiro atoms. The highest BCUT2D eigenvalue weighted by atomic mass is 16.5. The third kappa shape index (κ3) is 4.31. The van der Waals surface area contributed by atoms with Crippen molar-refractivity contribution in [3.8, 4) is 5.75 Å². The molecule has 0 radical (unpaired) electrons. The van der Waals surface area contributed by atoms with Crippen LogP contribution in [-0.2, 0) is 9.53 Å². The van der Waals surface area contributed by atoms with Gasteiger partial charge in [0.2, 0.25) is 0 Å². The number of aromatic hydroxyl groups is 1. The number of phenolic OH excluding ortho intramolecular Hbond substituents is 1. The van der Waals surface area contributed by atoms with Crippen LogP contribution in [0, 0.1) is 0 Å². The van der Waals surface area contributed by atoms with Crippen LogP contribution in [0.2, 0.25) is 0 Å². The first-order valence-electron chi connectivity index (χ1n) is 5.84. The van der Waals surface area contributed by atoms with Crippen molar-refractivity contribution in [2.24, 2.45) is 0 Å². The van der Waals surface area contributed by atoms with Crippen LogP contribution in [0.4, 0.5) is 0 Å². The van der Waals surface area contributed by atoms with Crippen molar-refractivity contribution in [2.75, 3.05) is 6.61 Å². The Kier molecular flexibility index (Phi) is 5.27. The van der Waals surface area contributed by atoms with E-state index >= 15 is 0 Å². The Hall–Kier alpha value is -1.77. The average Bonchev–Trinajstić information content (AvgIpc) is 2.35. The number of carbonyl (C=O) groups is 1. The SMILES string of the molecule is CCCOC(=O)C(=Cc1ccc(O)cc1)CC. The maximum absolute atomic E-state index is 11.7. The van der Waals surface area contributed by atoms with Crippen LogP contribution in [0.5, 0.6) is 5.75 Å². The van der Waals surface area contributed by atoms with Gasteiger partial charge in [-0.25, -0.2) is 4.79 Å². The summed E-state index contributed by atoms with van der Waals surface area (Å²) in [4.78, 5) is 11.7. The number of rotatable bonds is 5. The van der Waals surface area contributed by atoms with E-state index in [0.29, 0.717) is 18.6 Å². The molecule has 3 nitrogen and oxygen atoms in total. The number of carbonyl (C=O) groups excluding carboxylic acids is 1. The average molecular weight is 234 g/mol. The molecule has 1 aromatic rings. The van der Waals surface area contributed by atoms with E-state index in [1.807, 2.05) is 13.8 Å². The summed E-state index contributed by atoms with van der Waals surface area (Å²) < 4.78 is 5.08. The predicted molar refractivity (Wildman–Crippen MR) is 67.6 cm³/mol. The summed E-state index contributed by atoms with van der Waals surface area (Å²) in [5, 5.41) is 9.16. The van der Waals surface area contributed by atoms with E-state index in [2.05, 4.69) is 0 Å². The zero-order valence-electron chi connectivity index (χ0n) is 10.3. The maximum Gasteiger partial charge on any atom is 0.334 e. The van der Waals surface area contributed by atoms with Gasteiger partial charge in [0, 0.05) is 5.57 Å². The van der Waals surface area contributed by atoms with Gasteiger partial charge >= 0.3 is 5.97 Å². The van der Waals surface area contributed by atoms with Crippen molar-refractivity contribution in [3.63, 3.8) is 0 Å². The van der Waals surface area contributed by atoms with Gasteiger partial charge in [-0.15, -0.1) is 0 Å². The molecule has 3 heteroatoms. The van der Waals surface area contributed by atoms with Crippen molar-refractivity contribution in [1.82, 2.24) is 0 Å². The molecule has 0 amide bonds. The highest BCUT2D eigenvalue weighted by Crippen LogP contribution is 2.15. The molecule has 0 saturated heterocycles. The molecule has 0 aromatic heterocycles. The Morgan fingerprint density at radius 1 is 1.29 bits per heavy atom. The molecule has 17 heavy (non-hydrogen) atoms. The summed E-state index contributed by atoms with van der Waals surface area (Å²) in [6.07, 6.45) is 3.24. The standard InChI is InChI=1S/C14H18O3/c1-3-9-17-14(16)12(4-2)10-11-5-7-13(15)8-6-11/h5-8,10,15H,3-4,9H2,1-2H3. The second kappa shape index (κ2) is 6.74. The molecule has 0 saturated carbocycles. The lowest BCUT2D eigenvalue weighted by Gasteiger charge is -2.05. The molecule has 0 fully saturated rings. The minimum Gasteiger partial charge on any atom is -0.508 e. The first-order chi connectivity index (χ1) is 8.17. The van der Waals surface area contributed by atoms with E-state index in [0.717, 1.165) is 12.0 Å². The van der Waals surface area contributed by atoms with Crippen LogP contribution in [0.15, 0.2) is 29.8 Å². The molecule has 0 aliphatic heterocycles. The van der Waals surface area contributed by atoms with Gasteiger partial charge < -0.3 is 9.84 Å². The van der Waals surface area contributed by atoms with E-state index in [1.165, 1.54) is 0 Å². The second-order valence-electron chi connectivity index (χ2n) is 3.75. The van der Waals surface area contributed by atoms with E-state index in [9.17, 15) is 4.79 Å². The number of benzene rings is 1. The van der Waals surface area contributed by atoms with Gasteiger partial charge in [-0.1, -0.05) is 26.0 Å². The van der Waals surface area contributed by atoms with E-state index in [-0.39, 0.29) is 11.7 Å². The van der Waals surface area contributed by atoms with Gasteiger partial charge in [0.1, 0.15) is 5.75 Å². The van der Waals surface area contributed by atoms with E-state index in [4.69, 9.17) is 9.84 Å². The molecule has 0 aliphatic rings. The monoisotopic (exact) mass is 234 g/mol. The van der Waals surface area contributed by atoms with Gasteiger partial charge in [0.25, 0.3) is 0 Å². The van der Waals surface area contributed by atoms with Crippen LogP contribution in [-0.4, -0.2) is 17.7 Å². The highest BCUT2D eigenvalue weighted by Gasteiger charge is 2.08. The molecule has 1 aromatic carbocycles. The Labute approximate surface area is 102 Å². The lowest BCUT2D eigenvalue weighted by Crippen LogP contribution is -2.07. The Balaban J connectivity index is 2.78. The third-order valence-corrected chi connectivity index (χ3v) is 2.31. The van der Waals surface area contributed by atoms with E-state index < -0.39 is 0 Å². The molecule has 0 heterocycles. The van der Waals surface area contributed by atoms with Crippen molar-refractivity contribution in [3.05, 3.63) is 35.4 Å². The zero-order valence-corrected chi connectivity index (χ0v) is 10.3. The largest absolute Gasteiger partial charge is 0.508 e. The molecule has 0 bridgehead atoms. The lowest BCUT2D eigenvalue weighted by molar-refractivity contribution is -0.139. The number of esters is 1. The van der Waals surface area contributed by atoms with Crippen molar-refractivity contribution in [1.29, 1.82) is 0 Å².